The van der Waals surface area contributed by atoms with E-state index in [1.54, 1.807) is 14.0 Å². The molecule has 9 heteroatoms. The summed E-state index contributed by atoms with van der Waals surface area (Å²) < 4.78 is 14.0. The Balaban J connectivity index is 1.75. The molecule has 0 aliphatic heterocycles. The molecule has 0 fully saturated rings. The summed E-state index contributed by atoms with van der Waals surface area (Å²) in [6.45, 7) is 2.29. The number of halogens is 1. The number of aryl methyl sites for hydroxylation is 1. The second-order valence-corrected chi connectivity index (χ2v) is 7.58. The van der Waals surface area contributed by atoms with E-state index in [1.807, 2.05) is 47.0 Å². The van der Waals surface area contributed by atoms with Gasteiger partial charge in [0.25, 0.3) is 5.56 Å². The minimum Gasteiger partial charge on any atom is -0.497 e. The van der Waals surface area contributed by atoms with Crippen LogP contribution in [0.15, 0.2) is 58.1 Å². The Labute approximate surface area is 181 Å². The number of rotatable bonds is 5. The lowest BCUT2D eigenvalue weighted by Crippen LogP contribution is -2.23. The molecule has 0 saturated heterocycles. The fraction of sp³-hybridized carbons (Fsp3) is 0.182. The second kappa shape index (κ2) is 7.55. The first-order valence-electron chi connectivity index (χ1n) is 9.63. The van der Waals surface area contributed by atoms with Gasteiger partial charge in [-0.3, -0.25) is 9.36 Å². The molecule has 3 heterocycles. The molecule has 0 spiro atoms. The van der Waals surface area contributed by atoms with Gasteiger partial charge >= 0.3 is 0 Å². The summed E-state index contributed by atoms with van der Waals surface area (Å²) in [5.41, 5.74) is 2.64. The van der Waals surface area contributed by atoms with Gasteiger partial charge in [0.1, 0.15) is 23.3 Å². The van der Waals surface area contributed by atoms with E-state index < -0.39 is 0 Å². The van der Waals surface area contributed by atoms with Crippen molar-refractivity contribution in [3.05, 3.63) is 81.4 Å². The van der Waals surface area contributed by atoms with Crippen LogP contribution in [0, 0.1) is 6.92 Å². The van der Waals surface area contributed by atoms with Gasteiger partial charge in [0.2, 0.25) is 5.89 Å². The Kier molecular flexibility index (Phi) is 4.71. The predicted molar refractivity (Wildman–Crippen MR) is 117 cm³/mol. The molecule has 0 unspecified atom stereocenters. The fourth-order valence-corrected chi connectivity index (χ4v) is 3.93. The number of hydrogen-bond acceptors (Lipinski definition) is 6. The highest BCUT2D eigenvalue weighted by Gasteiger charge is 2.19. The Morgan fingerprint density at radius 3 is 2.74 bits per heavy atom. The lowest BCUT2D eigenvalue weighted by molar-refractivity contribution is 0.366. The van der Waals surface area contributed by atoms with Gasteiger partial charge < -0.3 is 13.8 Å². The van der Waals surface area contributed by atoms with E-state index >= 15 is 0 Å². The Morgan fingerprint density at radius 1 is 1.16 bits per heavy atom. The van der Waals surface area contributed by atoms with Crippen molar-refractivity contribution >= 4 is 33.5 Å². The average Bonchev–Trinajstić information content (AvgIpc) is 3.32. The highest BCUT2D eigenvalue weighted by molar-refractivity contribution is 6.31. The van der Waals surface area contributed by atoms with Crippen LogP contribution in [0.5, 0.6) is 5.75 Å². The molecule has 0 aliphatic rings. The first-order chi connectivity index (χ1) is 15.0. The van der Waals surface area contributed by atoms with Crippen molar-refractivity contribution in [1.82, 2.24) is 24.3 Å². The molecule has 0 radical (unpaired) electrons. The van der Waals surface area contributed by atoms with E-state index in [2.05, 4.69) is 15.1 Å². The van der Waals surface area contributed by atoms with E-state index in [-0.39, 0.29) is 12.1 Å². The standard InChI is InChI=1S/C22H18ClN5O3/c1-13-25-19(31-26-13)11-27-12-24-20-16-9-15(30-2)7-8-18(16)28(21(20)22(27)29)10-14-5-3-4-6-17(14)23/h3-9,12H,10-11H2,1-2H3. The van der Waals surface area contributed by atoms with Crippen LogP contribution in [0.1, 0.15) is 17.3 Å². The van der Waals surface area contributed by atoms with E-state index in [9.17, 15) is 4.79 Å². The van der Waals surface area contributed by atoms with Crippen LogP contribution in [-0.4, -0.2) is 31.4 Å². The molecular weight excluding hydrogens is 418 g/mol. The highest BCUT2D eigenvalue weighted by atomic mass is 35.5. The van der Waals surface area contributed by atoms with Gasteiger partial charge in [-0.05, 0) is 36.8 Å². The van der Waals surface area contributed by atoms with Crippen molar-refractivity contribution in [2.45, 2.75) is 20.0 Å². The van der Waals surface area contributed by atoms with E-state index in [0.717, 1.165) is 16.5 Å². The first kappa shape index (κ1) is 19.3. The maximum atomic E-state index is 13.5. The highest BCUT2D eigenvalue weighted by Crippen LogP contribution is 2.30. The molecule has 0 N–H and O–H groups in total. The van der Waals surface area contributed by atoms with Crippen LogP contribution >= 0.6 is 11.6 Å². The summed E-state index contributed by atoms with van der Waals surface area (Å²) >= 11 is 6.41. The molecule has 0 amide bonds. The third-order valence-electron chi connectivity index (χ3n) is 5.20. The lowest BCUT2D eigenvalue weighted by Gasteiger charge is -2.10. The van der Waals surface area contributed by atoms with Crippen molar-refractivity contribution in [1.29, 1.82) is 0 Å². The summed E-state index contributed by atoms with van der Waals surface area (Å²) in [4.78, 5) is 22.3. The number of hydrogen-bond donors (Lipinski definition) is 0. The Morgan fingerprint density at radius 2 is 2.00 bits per heavy atom. The topological polar surface area (TPSA) is 88.0 Å². The van der Waals surface area contributed by atoms with Crippen LogP contribution < -0.4 is 10.3 Å². The van der Waals surface area contributed by atoms with Gasteiger partial charge in [-0.1, -0.05) is 35.0 Å². The number of nitrogens with zero attached hydrogens (tertiary/aromatic N) is 5. The minimum absolute atomic E-state index is 0.138. The van der Waals surface area contributed by atoms with Crippen LogP contribution in [0.3, 0.4) is 0 Å². The van der Waals surface area contributed by atoms with Gasteiger partial charge in [0.15, 0.2) is 5.82 Å². The first-order valence-corrected chi connectivity index (χ1v) is 10.0. The molecule has 0 aliphatic carbocycles. The van der Waals surface area contributed by atoms with E-state index in [0.29, 0.717) is 40.1 Å². The summed E-state index contributed by atoms with van der Waals surface area (Å²) in [7, 11) is 1.61. The van der Waals surface area contributed by atoms with Crippen molar-refractivity contribution < 1.29 is 9.26 Å². The molecule has 0 saturated carbocycles. The number of aromatic nitrogens is 5. The quantitative estimate of drug-likeness (QED) is 0.417. The van der Waals surface area contributed by atoms with Crippen molar-refractivity contribution in [2.75, 3.05) is 7.11 Å². The Hall–Kier alpha value is -3.65. The summed E-state index contributed by atoms with van der Waals surface area (Å²) in [5.74, 6) is 1.55. The maximum Gasteiger partial charge on any atom is 0.278 e. The summed E-state index contributed by atoms with van der Waals surface area (Å²) in [6, 6.07) is 13.3. The lowest BCUT2D eigenvalue weighted by atomic mass is 10.2. The SMILES string of the molecule is COc1ccc2c(c1)c1ncn(Cc3nc(C)no3)c(=O)c1n2Cc1ccccc1Cl. The third kappa shape index (κ3) is 3.34. The average molecular weight is 436 g/mol. The van der Waals surface area contributed by atoms with Crippen LogP contribution in [0.2, 0.25) is 5.02 Å². The Bertz CT molecular complexity index is 1480. The number of ether oxygens (including phenoxy) is 1. The summed E-state index contributed by atoms with van der Waals surface area (Å²) in [6.07, 6.45) is 1.50. The molecule has 5 aromatic rings. The normalized spacial score (nSPS) is 11.5. The molecule has 31 heavy (non-hydrogen) atoms. The van der Waals surface area contributed by atoms with Gasteiger partial charge in [0.05, 0.1) is 19.0 Å². The van der Waals surface area contributed by atoms with E-state index in [1.165, 1.54) is 10.9 Å². The van der Waals surface area contributed by atoms with Crippen LogP contribution in [-0.2, 0) is 13.1 Å². The molecule has 3 aromatic heterocycles. The van der Waals surface area contributed by atoms with Crippen molar-refractivity contribution in [2.24, 2.45) is 0 Å². The van der Waals surface area contributed by atoms with Crippen LogP contribution in [0.25, 0.3) is 21.9 Å². The molecular formula is C22H18ClN5O3. The second-order valence-electron chi connectivity index (χ2n) is 7.17. The van der Waals surface area contributed by atoms with Crippen molar-refractivity contribution in [3.8, 4) is 5.75 Å². The van der Waals surface area contributed by atoms with Gasteiger partial charge in [-0.25, -0.2) is 4.98 Å². The van der Waals surface area contributed by atoms with Gasteiger partial charge in [-0.15, -0.1) is 0 Å². The zero-order valence-corrected chi connectivity index (χ0v) is 17.6. The third-order valence-corrected chi connectivity index (χ3v) is 5.56. The zero-order valence-electron chi connectivity index (χ0n) is 16.9. The minimum atomic E-state index is -0.205. The number of benzene rings is 2. The van der Waals surface area contributed by atoms with Crippen LogP contribution in [0.4, 0.5) is 0 Å². The zero-order chi connectivity index (χ0) is 21.5. The number of fused-ring (bicyclic) bond motifs is 3. The fourth-order valence-electron chi connectivity index (χ4n) is 3.73. The van der Waals surface area contributed by atoms with Gasteiger partial charge in [0, 0.05) is 17.0 Å². The molecule has 0 bridgehead atoms. The molecule has 156 valence electrons. The molecule has 0 atom stereocenters. The maximum absolute atomic E-state index is 13.5. The van der Waals surface area contributed by atoms with Crippen molar-refractivity contribution in [3.63, 3.8) is 0 Å². The van der Waals surface area contributed by atoms with E-state index in [4.69, 9.17) is 20.9 Å². The number of methoxy groups -OCH3 is 1. The molecule has 5 rings (SSSR count). The smallest absolute Gasteiger partial charge is 0.278 e. The monoisotopic (exact) mass is 435 g/mol. The summed E-state index contributed by atoms with van der Waals surface area (Å²) in [5, 5.41) is 5.25. The molecule has 8 nitrogen and oxygen atoms in total. The predicted octanol–water partition coefficient (Wildman–Crippen LogP) is 3.80. The largest absolute Gasteiger partial charge is 0.497 e. The van der Waals surface area contributed by atoms with Gasteiger partial charge in [-0.2, -0.15) is 4.98 Å². The molecule has 2 aromatic carbocycles.